The summed E-state index contributed by atoms with van der Waals surface area (Å²) in [5.41, 5.74) is 6.75. The average Bonchev–Trinajstić information content (AvgIpc) is 2.84. The third kappa shape index (κ3) is 2.39. The van der Waals surface area contributed by atoms with Crippen LogP contribution in [0.1, 0.15) is 25.8 Å². The quantitative estimate of drug-likeness (QED) is 0.864. The second-order valence-corrected chi connectivity index (χ2v) is 8.48. The minimum absolute atomic E-state index is 0.150. The Kier molecular flexibility index (Phi) is 3.92. The Bertz CT molecular complexity index is 617. The molecule has 4 heteroatoms. The van der Waals surface area contributed by atoms with Crippen LogP contribution in [0.15, 0.2) is 30.3 Å². The molecule has 0 aromatic heterocycles. The lowest BCUT2D eigenvalue weighted by atomic mass is 9.58. The van der Waals surface area contributed by atoms with Crippen molar-refractivity contribution in [2.45, 2.75) is 38.3 Å². The van der Waals surface area contributed by atoms with Gasteiger partial charge < -0.3 is 11.1 Å². The van der Waals surface area contributed by atoms with E-state index in [9.17, 15) is 4.79 Å². The summed E-state index contributed by atoms with van der Waals surface area (Å²) in [5.74, 6) is 2.06. The van der Waals surface area contributed by atoms with E-state index < -0.39 is 5.54 Å². The van der Waals surface area contributed by atoms with E-state index in [1.807, 2.05) is 0 Å². The fourth-order valence-corrected chi connectivity index (χ4v) is 5.72. The first-order valence-electron chi connectivity index (χ1n) is 9.34. The van der Waals surface area contributed by atoms with Gasteiger partial charge in [0.05, 0.1) is 0 Å². The maximum Gasteiger partial charge on any atom is 0.238 e. The van der Waals surface area contributed by atoms with E-state index in [4.69, 9.17) is 5.73 Å². The smallest absolute Gasteiger partial charge is 0.238 e. The van der Waals surface area contributed by atoms with Gasteiger partial charge in [0.2, 0.25) is 5.91 Å². The van der Waals surface area contributed by atoms with Gasteiger partial charge in [-0.25, -0.2) is 0 Å². The van der Waals surface area contributed by atoms with Crippen molar-refractivity contribution in [1.82, 2.24) is 10.2 Å². The van der Waals surface area contributed by atoms with Crippen LogP contribution in [0.3, 0.4) is 0 Å². The summed E-state index contributed by atoms with van der Waals surface area (Å²) in [4.78, 5) is 15.2. The van der Waals surface area contributed by atoms with Gasteiger partial charge in [-0.1, -0.05) is 44.2 Å². The molecule has 5 unspecified atom stereocenters. The van der Waals surface area contributed by atoms with E-state index in [1.54, 1.807) is 0 Å². The predicted molar refractivity (Wildman–Crippen MR) is 95.4 cm³/mol. The number of primary amides is 1. The van der Waals surface area contributed by atoms with E-state index in [1.165, 1.54) is 5.56 Å². The Morgan fingerprint density at radius 2 is 2.12 bits per heavy atom. The van der Waals surface area contributed by atoms with Crippen LogP contribution in [-0.4, -0.2) is 42.0 Å². The molecule has 3 heterocycles. The fraction of sp³-hybridized carbons (Fsp3) is 0.650. The van der Waals surface area contributed by atoms with Crippen molar-refractivity contribution in [2.75, 3.05) is 19.6 Å². The molecular weight excluding hydrogens is 298 g/mol. The van der Waals surface area contributed by atoms with Crippen LogP contribution in [0.5, 0.6) is 0 Å². The molecule has 3 N–H and O–H groups in total. The van der Waals surface area contributed by atoms with Gasteiger partial charge in [0.1, 0.15) is 5.54 Å². The van der Waals surface area contributed by atoms with E-state index >= 15 is 0 Å². The van der Waals surface area contributed by atoms with Gasteiger partial charge >= 0.3 is 0 Å². The number of nitrogens with one attached hydrogen (secondary N) is 1. The molecule has 1 amide bonds. The highest BCUT2D eigenvalue weighted by atomic mass is 16.1. The lowest BCUT2D eigenvalue weighted by Gasteiger charge is -2.55. The fourth-order valence-electron chi connectivity index (χ4n) is 5.72. The Morgan fingerprint density at radius 3 is 2.79 bits per heavy atom. The highest BCUT2D eigenvalue weighted by Crippen LogP contribution is 2.52. The number of nitrogens with zero attached hydrogens (tertiary/aromatic N) is 1. The normalized spacial score (nSPS) is 38.0. The van der Waals surface area contributed by atoms with Gasteiger partial charge in [-0.15, -0.1) is 0 Å². The number of hydrogen-bond donors (Lipinski definition) is 2. The molecule has 1 aliphatic carbocycles. The zero-order chi connectivity index (χ0) is 16.9. The summed E-state index contributed by atoms with van der Waals surface area (Å²) in [6.45, 7) is 7.77. The molecule has 1 aromatic rings. The average molecular weight is 327 g/mol. The van der Waals surface area contributed by atoms with Crippen LogP contribution in [0, 0.1) is 23.7 Å². The van der Waals surface area contributed by atoms with Crippen molar-refractivity contribution < 1.29 is 4.79 Å². The molecule has 24 heavy (non-hydrogen) atoms. The topological polar surface area (TPSA) is 58.4 Å². The van der Waals surface area contributed by atoms with Crippen molar-refractivity contribution in [3.8, 4) is 0 Å². The summed E-state index contributed by atoms with van der Waals surface area (Å²) in [6.07, 6.45) is 1.84. The third-order valence-corrected chi connectivity index (χ3v) is 6.56. The number of carbonyl (C=O) groups is 1. The predicted octanol–water partition coefficient (Wildman–Crippen LogP) is 1.65. The second kappa shape index (κ2) is 5.85. The maximum atomic E-state index is 12.5. The first kappa shape index (κ1) is 16.1. The zero-order valence-corrected chi connectivity index (χ0v) is 14.7. The SMILES string of the molecule is CC(C)CN1CC2CC3(C(N)=O)NCC2C1C3Cc1ccccc1. The minimum atomic E-state index is -0.522. The molecule has 5 atom stereocenters. The first-order valence-corrected chi connectivity index (χ1v) is 9.34. The molecule has 130 valence electrons. The number of amides is 1. The van der Waals surface area contributed by atoms with Crippen molar-refractivity contribution in [3.63, 3.8) is 0 Å². The summed E-state index contributed by atoms with van der Waals surface area (Å²) < 4.78 is 0. The molecule has 1 aromatic carbocycles. The van der Waals surface area contributed by atoms with Crippen LogP contribution in [0.2, 0.25) is 0 Å². The number of benzene rings is 1. The summed E-state index contributed by atoms with van der Waals surface area (Å²) in [7, 11) is 0. The Balaban J connectivity index is 1.70. The number of fused-ring (bicyclic) bond motifs is 1. The van der Waals surface area contributed by atoms with E-state index in [0.29, 0.717) is 23.8 Å². The lowest BCUT2D eigenvalue weighted by molar-refractivity contribution is -0.135. The monoisotopic (exact) mass is 327 g/mol. The third-order valence-electron chi connectivity index (χ3n) is 6.56. The van der Waals surface area contributed by atoms with Gasteiger partial charge in [0, 0.05) is 31.6 Å². The number of nitrogens with two attached hydrogens (primary N) is 1. The van der Waals surface area contributed by atoms with Gasteiger partial charge in [-0.3, -0.25) is 9.69 Å². The van der Waals surface area contributed by atoms with E-state index in [2.05, 4.69) is 54.4 Å². The Morgan fingerprint density at radius 1 is 1.38 bits per heavy atom. The number of carbonyl (C=O) groups excluding carboxylic acids is 1. The van der Waals surface area contributed by atoms with Gasteiger partial charge in [0.15, 0.2) is 0 Å². The van der Waals surface area contributed by atoms with E-state index in [0.717, 1.165) is 32.5 Å². The first-order chi connectivity index (χ1) is 11.5. The molecule has 4 bridgehead atoms. The van der Waals surface area contributed by atoms with Crippen molar-refractivity contribution in [3.05, 3.63) is 35.9 Å². The number of rotatable bonds is 5. The van der Waals surface area contributed by atoms with Crippen molar-refractivity contribution in [2.24, 2.45) is 29.4 Å². The summed E-state index contributed by atoms with van der Waals surface area (Å²) in [6, 6.07) is 11.1. The Hall–Kier alpha value is -1.39. The van der Waals surface area contributed by atoms with Crippen molar-refractivity contribution >= 4 is 5.91 Å². The zero-order valence-electron chi connectivity index (χ0n) is 14.7. The molecule has 3 aliphatic heterocycles. The second-order valence-electron chi connectivity index (χ2n) is 8.48. The van der Waals surface area contributed by atoms with E-state index in [-0.39, 0.29) is 11.8 Å². The lowest BCUT2D eigenvalue weighted by Crippen LogP contribution is -2.74. The van der Waals surface area contributed by atoms with Crippen molar-refractivity contribution in [1.29, 1.82) is 0 Å². The molecule has 3 saturated heterocycles. The van der Waals surface area contributed by atoms with Gasteiger partial charge in [-0.05, 0) is 36.2 Å². The molecule has 0 radical (unpaired) electrons. The van der Waals surface area contributed by atoms with Crippen LogP contribution in [0.25, 0.3) is 0 Å². The van der Waals surface area contributed by atoms with Crippen LogP contribution < -0.4 is 11.1 Å². The Labute approximate surface area is 144 Å². The molecule has 4 aliphatic rings. The van der Waals surface area contributed by atoms with Gasteiger partial charge in [-0.2, -0.15) is 0 Å². The maximum absolute atomic E-state index is 12.5. The van der Waals surface area contributed by atoms with Crippen LogP contribution >= 0.6 is 0 Å². The molecule has 4 nitrogen and oxygen atoms in total. The van der Waals surface area contributed by atoms with Crippen LogP contribution in [0.4, 0.5) is 0 Å². The highest BCUT2D eigenvalue weighted by Gasteiger charge is 2.64. The largest absolute Gasteiger partial charge is 0.368 e. The summed E-state index contributed by atoms with van der Waals surface area (Å²) in [5, 5.41) is 3.58. The van der Waals surface area contributed by atoms with Gasteiger partial charge in [0.25, 0.3) is 0 Å². The molecule has 5 rings (SSSR count). The minimum Gasteiger partial charge on any atom is -0.368 e. The number of piperidine rings is 2. The summed E-state index contributed by atoms with van der Waals surface area (Å²) >= 11 is 0. The highest BCUT2D eigenvalue weighted by molar-refractivity contribution is 5.86. The molecule has 1 saturated carbocycles. The standard InChI is InChI=1S/C20H29N3O/c1-13(2)11-23-12-15-9-20(19(21)24)17(18(23)16(15)10-22-20)8-14-6-4-3-5-7-14/h3-7,13,15-18,22H,8-12H2,1-2H3,(H2,21,24). The van der Waals surface area contributed by atoms with Crippen LogP contribution in [-0.2, 0) is 11.2 Å². The number of hydrogen-bond acceptors (Lipinski definition) is 3. The molecule has 0 spiro atoms. The molecular formula is C20H29N3O. The molecule has 4 fully saturated rings. The number of likely N-dealkylation sites (tertiary alicyclic amines) is 1.